The fourth-order valence-electron chi connectivity index (χ4n) is 5.07. The number of hydrogen-bond acceptors (Lipinski definition) is 9. The van der Waals surface area contributed by atoms with Gasteiger partial charge < -0.3 is 29.8 Å². The van der Waals surface area contributed by atoms with Crippen molar-refractivity contribution in [1.82, 2.24) is 29.3 Å². The fraction of sp³-hybridized carbons (Fsp3) is 0.458. The summed E-state index contributed by atoms with van der Waals surface area (Å²) in [6.45, 7) is 2.63. The van der Waals surface area contributed by atoms with Gasteiger partial charge in [0.1, 0.15) is 6.04 Å². The van der Waals surface area contributed by atoms with Crippen LogP contribution >= 0.6 is 27.7 Å². The van der Waals surface area contributed by atoms with E-state index < -0.39 is 12.1 Å². The van der Waals surface area contributed by atoms with Gasteiger partial charge in [0.05, 0.1) is 6.33 Å². The SMILES string of the molecule is Nc1ncn(CCC2CCN(C(=O)[C@@H]3CCN3C(=O)O)CC2)c2nc(Sc3cc4c(cc3Br)OCO4)nc1-2. The zero-order valence-corrected chi connectivity index (χ0v) is 22.8. The van der Waals surface area contributed by atoms with E-state index >= 15 is 0 Å². The smallest absolute Gasteiger partial charge is 0.407 e. The lowest BCUT2D eigenvalue weighted by Crippen LogP contribution is -2.59. The van der Waals surface area contributed by atoms with Crippen LogP contribution in [0.15, 0.2) is 33.0 Å². The molecule has 5 aliphatic rings. The molecule has 1 aromatic carbocycles. The summed E-state index contributed by atoms with van der Waals surface area (Å²) in [6, 6.07) is 3.25. The molecule has 5 aliphatic heterocycles. The van der Waals surface area contributed by atoms with E-state index in [2.05, 4.69) is 25.9 Å². The number of carbonyl (C=O) groups is 2. The van der Waals surface area contributed by atoms with E-state index in [1.54, 1.807) is 6.33 Å². The second kappa shape index (κ2) is 10.1. The zero-order valence-electron chi connectivity index (χ0n) is 20.4. The number of ether oxygens (including phenoxy) is 2. The van der Waals surface area contributed by atoms with Crippen molar-refractivity contribution in [2.75, 3.05) is 32.2 Å². The number of nitrogen functional groups attached to an aromatic ring is 1. The van der Waals surface area contributed by atoms with Crippen molar-refractivity contribution in [2.24, 2.45) is 5.92 Å². The number of aromatic nitrogens is 4. The van der Waals surface area contributed by atoms with E-state index in [9.17, 15) is 14.7 Å². The molecule has 12 nitrogen and oxygen atoms in total. The van der Waals surface area contributed by atoms with Gasteiger partial charge in [-0.1, -0.05) is 0 Å². The highest BCUT2D eigenvalue weighted by Gasteiger charge is 2.40. The van der Waals surface area contributed by atoms with E-state index in [0.29, 0.717) is 72.5 Å². The Morgan fingerprint density at radius 3 is 2.61 bits per heavy atom. The first-order chi connectivity index (χ1) is 18.4. The molecule has 0 aromatic heterocycles. The second-order valence-electron chi connectivity index (χ2n) is 9.58. The average molecular weight is 604 g/mol. The number of carbonyl (C=O) groups excluding carboxylic acids is 1. The van der Waals surface area contributed by atoms with Gasteiger partial charge in [-0.15, -0.1) is 0 Å². The van der Waals surface area contributed by atoms with Gasteiger partial charge in [-0.3, -0.25) is 9.69 Å². The number of rotatable bonds is 6. The number of likely N-dealkylation sites (tertiary alicyclic amines) is 2. The molecule has 38 heavy (non-hydrogen) atoms. The van der Waals surface area contributed by atoms with Crippen molar-refractivity contribution in [3.05, 3.63) is 22.9 Å². The van der Waals surface area contributed by atoms with E-state index in [1.165, 1.54) is 16.7 Å². The average Bonchev–Trinajstić information content (AvgIpc) is 3.50. The first kappa shape index (κ1) is 25.0. The Balaban J connectivity index is 1.09. The van der Waals surface area contributed by atoms with Crippen LogP contribution in [0.25, 0.3) is 11.5 Å². The van der Waals surface area contributed by atoms with Crippen molar-refractivity contribution in [2.45, 2.75) is 48.3 Å². The molecule has 0 saturated carbocycles. The predicted molar refractivity (Wildman–Crippen MR) is 140 cm³/mol. The molecule has 200 valence electrons. The Bertz CT molecular complexity index is 1360. The normalized spacial score (nSPS) is 19.1. The molecular formula is C24H26BrN7O5S. The molecule has 0 aliphatic carbocycles. The van der Waals surface area contributed by atoms with Crippen LogP contribution < -0.4 is 15.2 Å². The Labute approximate surface area is 231 Å². The van der Waals surface area contributed by atoms with Crippen LogP contribution in [0.3, 0.4) is 0 Å². The Morgan fingerprint density at radius 1 is 1.13 bits per heavy atom. The number of hydrogen-bond donors (Lipinski definition) is 2. The van der Waals surface area contributed by atoms with Crippen molar-refractivity contribution < 1.29 is 24.2 Å². The quantitative estimate of drug-likeness (QED) is 0.429. The van der Waals surface area contributed by atoms with E-state index in [1.807, 2.05) is 21.6 Å². The van der Waals surface area contributed by atoms with Gasteiger partial charge in [0, 0.05) is 35.5 Å². The minimum absolute atomic E-state index is 0.0675. The molecule has 2 saturated heterocycles. The summed E-state index contributed by atoms with van der Waals surface area (Å²) in [5.74, 6) is 2.77. The standard InChI is InChI=1S/C24H26BrN7O5S/c25-14-9-16-17(37-12-36-16)10-18(14)38-23-28-19-20(26)27-11-31(21(19)29-23)7-3-13-1-5-30(6-2-13)22(33)15-4-8-32(15)24(34)35/h9-11,13,15H,1-8,12,26H2,(H,34,35)/t15-/m0/s1. The van der Waals surface area contributed by atoms with Crippen LogP contribution in [0, 0.1) is 5.92 Å². The summed E-state index contributed by atoms with van der Waals surface area (Å²) in [5.41, 5.74) is 6.69. The molecule has 1 aromatic rings. The van der Waals surface area contributed by atoms with Crippen LogP contribution in [0.5, 0.6) is 11.5 Å². The van der Waals surface area contributed by atoms with E-state index in [-0.39, 0.29) is 12.7 Å². The van der Waals surface area contributed by atoms with Gasteiger partial charge in [-0.05, 0) is 71.4 Å². The number of nitrogens with two attached hydrogens (primary N) is 1. The third-order valence-corrected chi connectivity index (χ3v) is 9.20. The zero-order chi connectivity index (χ0) is 26.4. The number of aryl methyl sites for hydroxylation is 1. The number of nitrogens with zero attached hydrogens (tertiary/aromatic N) is 6. The maximum atomic E-state index is 12.7. The van der Waals surface area contributed by atoms with E-state index in [4.69, 9.17) is 20.2 Å². The Hall–Kier alpha value is -3.26. The van der Waals surface area contributed by atoms with Crippen LogP contribution in [0.1, 0.15) is 25.7 Å². The third-order valence-electron chi connectivity index (χ3n) is 7.35. The van der Waals surface area contributed by atoms with Crippen LogP contribution in [-0.2, 0) is 11.3 Å². The molecule has 2 amide bonds. The number of halogens is 1. The number of imidazole rings is 1. The van der Waals surface area contributed by atoms with Gasteiger partial charge in [0.2, 0.25) is 12.7 Å². The molecular weight excluding hydrogens is 578 g/mol. The summed E-state index contributed by atoms with van der Waals surface area (Å²) < 4.78 is 13.8. The van der Waals surface area contributed by atoms with Gasteiger partial charge in [-0.2, -0.15) is 0 Å². The van der Waals surface area contributed by atoms with Gasteiger partial charge in [0.15, 0.2) is 34.0 Å². The highest BCUT2D eigenvalue weighted by molar-refractivity contribution is 9.10. The Kier molecular flexibility index (Phi) is 6.68. The minimum Gasteiger partial charge on any atom is -0.465 e. The molecule has 3 N–H and O–H groups in total. The van der Waals surface area contributed by atoms with Crippen molar-refractivity contribution >= 4 is 45.5 Å². The van der Waals surface area contributed by atoms with Gasteiger partial charge >= 0.3 is 6.09 Å². The number of amides is 2. The topological polar surface area (TPSA) is 149 Å². The molecule has 0 bridgehead atoms. The molecule has 1 atom stereocenters. The van der Waals surface area contributed by atoms with Crippen molar-refractivity contribution in [3.63, 3.8) is 0 Å². The first-order valence-corrected chi connectivity index (χ1v) is 14.0. The molecule has 0 radical (unpaired) electrons. The first-order valence-electron chi connectivity index (χ1n) is 12.4. The van der Waals surface area contributed by atoms with Gasteiger partial charge in [-0.25, -0.2) is 19.7 Å². The summed E-state index contributed by atoms with van der Waals surface area (Å²) in [6.07, 6.45) is 3.95. The number of anilines is 1. The summed E-state index contributed by atoms with van der Waals surface area (Å²) in [4.78, 5) is 41.6. The minimum atomic E-state index is -1.02. The van der Waals surface area contributed by atoms with Gasteiger partial charge in [0.25, 0.3) is 0 Å². The summed E-state index contributed by atoms with van der Waals surface area (Å²) >= 11 is 4.98. The van der Waals surface area contributed by atoms with Crippen LogP contribution in [0.4, 0.5) is 10.6 Å². The highest BCUT2D eigenvalue weighted by Crippen LogP contribution is 2.43. The number of piperidine rings is 1. The number of fused-ring (bicyclic) bond motifs is 2. The molecule has 0 unspecified atom stereocenters. The monoisotopic (exact) mass is 603 g/mol. The van der Waals surface area contributed by atoms with Crippen molar-refractivity contribution in [1.29, 1.82) is 0 Å². The second-order valence-corrected chi connectivity index (χ2v) is 11.4. The fourth-order valence-corrected chi connectivity index (χ4v) is 6.42. The molecule has 2 fully saturated rings. The molecule has 5 heterocycles. The summed E-state index contributed by atoms with van der Waals surface area (Å²) in [7, 11) is 0. The highest BCUT2D eigenvalue weighted by atomic mass is 79.9. The molecule has 0 spiro atoms. The molecule has 14 heteroatoms. The maximum absolute atomic E-state index is 12.7. The lowest BCUT2D eigenvalue weighted by atomic mass is 9.92. The third kappa shape index (κ3) is 4.70. The summed E-state index contributed by atoms with van der Waals surface area (Å²) in [5, 5.41) is 9.76. The molecule has 6 rings (SSSR count). The van der Waals surface area contributed by atoms with Crippen molar-refractivity contribution in [3.8, 4) is 23.0 Å². The lowest BCUT2D eigenvalue weighted by Gasteiger charge is -2.42. The largest absolute Gasteiger partial charge is 0.465 e. The lowest BCUT2D eigenvalue weighted by molar-refractivity contribution is -0.141. The number of carboxylic acid groups (broad SMARTS) is 1. The van der Waals surface area contributed by atoms with Crippen LogP contribution in [0.2, 0.25) is 0 Å². The Morgan fingerprint density at radius 2 is 1.89 bits per heavy atom. The predicted octanol–water partition coefficient (Wildman–Crippen LogP) is 3.38. The van der Waals surface area contributed by atoms with Crippen LogP contribution in [-0.4, -0.2) is 78.9 Å². The van der Waals surface area contributed by atoms with E-state index in [0.717, 1.165) is 28.6 Å². The maximum Gasteiger partial charge on any atom is 0.407 e. The number of benzene rings is 1.